The molecule has 0 aliphatic carbocycles. The number of nitrogens with one attached hydrogen (secondary N) is 1. The molecule has 0 spiro atoms. The van der Waals surface area contributed by atoms with Gasteiger partial charge < -0.3 is 9.84 Å². The van der Waals surface area contributed by atoms with Crippen LogP contribution in [0.3, 0.4) is 0 Å². The Morgan fingerprint density at radius 1 is 1.16 bits per heavy atom. The number of fused-ring (bicyclic) bond motifs is 2. The molecule has 1 aromatic heterocycles. The molecule has 1 amide bonds. The van der Waals surface area contributed by atoms with E-state index in [2.05, 4.69) is 10.3 Å². The Bertz CT molecular complexity index is 1100. The summed E-state index contributed by atoms with van der Waals surface area (Å²) >= 11 is 0. The number of amides is 1. The van der Waals surface area contributed by atoms with Crippen LogP contribution < -0.4 is 5.43 Å². The summed E-state index contributed by atoms with van der Waals surface area (Å²) in [6.45, 7) is 5.39. The quantitative estimate of drug-likeness (QED) is 0.445. The highest BCUT2D eigenvalue weighted by atomic mass is 16.5. The molecule has 4 rings (SSSR count). The van der Waals surface area contributed by atoms with Crippen molar-refractivity contribution in [1.82, 2.24) is 20.3 Å². The van der Waals surface area contributed by atoms with Crippen molar-refractivity contribution in [2.24, 2.45) is 0 Å². The number of carboxylic acids is 1. The predicted molar refractivity (Wildman–Crippen MR) is 118 cm³/mol. The number of morpholine rings is 1. The van der Waals surface area contributed by atoms with Crippen LogP contribution in [0.15, 0.2) is 48.5 Å². The van der Waals surface area contributed by atoms with E-state index in [1.807, 2.05) is 42.5 Å². The first-order valence-electron chi connectivity index (χ1n) is 10.4. The third-order valence-electron chi connectivity index (χ3n) is 5.49. The summed E-state index contributed by atoms with van der Waals surface area (Å²) in [5.41, 5.74) is 4.71. The van der Waals surface area contributed by atoms with Crippen molar-refractivity contribution in [3.63, 3.8) is 0 Å². The van der Waals surface area contributed by atoms with Crippen molar-refractivity contribution in [2.75, 3.05) is 39.4 Å². The average Bonchev–Trinajstić information content (AvgIpc) is 2.80. The number of hydrogen-bond donors (Lipinski definition) is 2. The number of pyridine rings is 1. The topological polar surface area (TPSA) is 95.0 Å². The molecule has 0 bridgehead atoms. The minimum atomic E-state index is -1.02. The summed E-state index contributed by atoms with van der Waals surface area (Å²) in [4.78, 5) is 31.9. The molecule has 2 N–H and O–H groups in total. The van der Waals surface area contributed by atoms with Crippen LogP contribution in [0, 0.1) is 0 Å². The fourth-order valence-corrected chi connectivity index (χ4v) is 3.70. The van der Waals surface area contributed by atoms with Crippen molar-refractivity contribution in [3.8, 4) is 0 Å². The molecule has 1 saturated heterocycles. The molecule has 2 heterocycles. The summed E-state index contributed by atoms with van der Waals surface area (Å²) in [7, 11) is 0. The van der Waals surface area contributed by atoms with Crippen LogP contribution in [0.4, 0.5) is 0 Å². The summed E-state index contributed by atoms with van der Waals surface area (Å²) in [5.74, 6) is -1.32. The predicted octanol–water partition coefficient (Wildman–Crippen LogP) is 2.14. The van der Waals surface area contributed by atoms with E-state index >= 15 is 0 Å². The number of carbonyl (C=O) groups excluding carboxylic acids is 1. The second kappa shape index (κ2) is 9.38. The minimum Gasteiger partial charge on any atom is -0.480 e. The van der Waals surface area contributed by atoms with Crippen LogP contribution in [0.5, 0.6) is 0 Å². The van der Waals surface area contributed by atoms with Gasteiger partial charge in [-0.3, -0.25) is 19.5 Å². The van der Waals surface area contributed by atoms with E-state index in [1.165, 1.54) is 11.9 Å². The van der Waals surface area contributed by atoms with Gasteiger partial charge in [0, 0.05) is 30.4 Å². The molecule has 8 heteroatoms. The van der Waals surface area contributed by atoms with Gasteiger partial charge in [0.25, 0.3) is 5.91 Å². The number of carbonyl (C=O) groups is 2. The first kappa shape index (κ1) is 21.2. The molecule has 1 aliphatic rings. The highest BCUT2D eigenvalue weighted by Gasteiger charge is 2.24. The average molecular weight is 422 g/mol. The van der Waals surface area contributed by atoms with E-state index in [1.54, 1.807) is 6.07 Å². The van der Waals surface area contributed by atoms with E-state index in [0.717, 1.165) is 29.4 Å². The molecule has 1 aliphatic heterocycles. The van der Waals surface area contributed by atoms with Gasteiger partial charge in [0.05, 0.1) is 36.4 Å². The first-order valence-corrected chi connectivity index (χ1v) is 10.4. The number of aliphatic carboxylic acids is 1. The molecule has 0 unspecified atom stereocenters. The Morgan fingerprint density at radius 2 is 1.90 bits per heavy atom. The zero-order valence-electron chi connectivity index (χ0n) is 17.5. The van der Waals surface area contributed by atoms with Crippen molar-refractivity contribution < 1.29 is 19.4 Å². The van der Waals surface area contributed by atoms with Crippen molar-refractivity contribution in [1.29, 1.82) is 0 Å². The molecule has 2 aromatic carbocycles. The maximum Gasteiger partial charge on any atom is 0.322 e. The van der Waals surface area contributed by atoms with E-state index in [4.69, 9.17) is 9.72 Å². The van der Waals surface area contributed by atoms with E-state index in [9.17, 15) is 14.7 Å². The monoisotopic (exact) mass is 422 g/mol. The van der Waals surface area contributed by atoms with Gasteiger partial charge in [0.15, 0.2) is 0 Å². The smallest absolute Gasteiger partial charge is 0.322 e. The number of para-hydroxylation sites is 2. The van der Waals surface area contributed by atoms with E-state index in [0.29, 0.717) is 37.4 Å². The lowest BCUT2D eigenvalue weighted by atomic mass is 10.1. The number of hydrazine groups is 1. The summed E-state index contributed by atoms with van der Waals surface area (Å²) < 4.78 is 5.38. The van der Waals surface area contributed by atoms with Gasteiger partial charge in [0.2, 0.25) is 0 Å². The molecular weight excluding hydrogens is 396 g/mol. The maximum atomic E-state index is 13.5. The highest BCUT2D eigenvalue weighted by molar-refractivity contribution is 6.07. The van der Waals surface area contributed by atoms with Crippen LogP contribution >= 0.6 is 0 Å². The largest absolute Gasteiger partial charge is 0.480 e. The molecule has 8 nitrogen and oxygen atoms in total. The lowest BCUT2D eigenvalue weighted by molar-refractivity contribution is -0.140. The molecule has 1 fully saturated rings. The molecule has 0 saturated carbocycles. The van der Waals surface area contributed by atoms with Gasteiger partial charge in [0.1, 0.15) is 6.04 Å². The fraction of sp³-hybridized carbons (Fsp3) is 0.348. The van der Waals surface area contributed by atoms with Crippen LogP contribution in [0.1, 0.15) is 17.3 Å². The Balaban J connectivity index is 1.65. The number of rotatable bonds is 7. The number of aromatic nitrogens is 1. The summed E-state index contributed by atoms with van der Waals surface area (Å²) in [6, 6.07) is 14.4. The number of carboxylic acid groups (broad SMARTS) is 1. The zero-order chi connectivity index (χ0) is 21.8. The second-order valence-electron chi connectivity index (χ2n) is 7.66. The van der Waals surface area contributed by atoms with E-state index in [-0.39, 0.29) is 5.91 Å². The minimum absolute atomic E-state index is 0.297. The molecular formula is C23H26N4O4. The Morgan fingerprint density at radius 3 is 2.68 bits per heavy atom. The third-order valence-corrected chi connectivity index (χ3v) is 5.49. The molecule has 0 radical (unpaired) electrons. The summed E-state index contributed by atoms with van der Waals surface area (Å²) in [6.07, 6.45) is 0. The molecule has 162 valence electrons. The molecule has 31 heavy (non-hydrogen) atoms. The number of hydrogen-bond acceptors (Lipinski definition) is 6. The van der Waals surface area contributed by atoms with Crippen molar-refractivity contribution >= 4 is 33.7 Å². The van der Waals surface area contributed by atoms with Gasteiger partial charge in [-0.25, -0.2) is 10.4 Å². The Labute approximate surface area is 180 Å². The zero-order valence-corrected chi connectivity index (χ0v) is 17.5. The lowest BCUT2D eigenvalue weighted by Gasteiger charge is -2.31. The number of benzene rings is 2. The number of ether oxygens (including phenoxy) is 1. The summed E-state index contributed by atoms with van der Waals surface area (Å²) in [5, 5.41) is 12.6. The van der Waals surface area contributed by atoms with Crippen LogP contribution in [0.25, 0.3) is 21.8 Å². The third kappa shape index (κ3) is 4.82. The molecule has 1 atom stereocenters. The van der Waals surface area contributed by atoms with Gasteiger partial charge in [-0.15, -0.1) is 0 Å². The van der Waals surface area contributed by atoms with Gasteiger partial charge in [-0.1, -0.05) is 30.3 Å². The van der Waals surface area contributed by atoms with Gasteiger partial charge in [-0.2, -0.15) is 0 Å². The maximum absolute atomic E-state index is 13.5. The van der Waals surface area contributed by atoms with Gasteiger partial charge >= 0.3 is 5.97 Å². The Kier molecular flexibility index (Phi) is 6.41. The lowest BCUT2D eigenvalue weighted by Crippen LogP contribution is -2.53. The first-order chi connectivity index (χ1) is 15.0. The van der Waals surface area contributed by atoms with Crippen LogP contribution in [-0.4, -0.2) is 77.3 Å². The van der Waals surface area contributed by atoms with E-state index < -0.39 is 12.0 Å². The SMILES string of the molecule is C[C@H](NN(CCN1CCOCC1)C(=O)c1cccc2cc3ccccc3nc12)C(=O)O. The normalized spacial score (nSPS) is 15.8. The Hall–Kier alpha value is -3.07. The fourth-order valence-electron chi connectivity index (χ4n) is 3.70. The van der Waals surface area contributed by atoms with Crippen molar-refractivity contribution in [3.05, 3.63) is 54.1 Å². The molecule has 3 aromatic rings. The number of nitrogens with zero attached hydrogens (tertiary/aromatic N) is 3. The van der Waals surface area contributed by atoms with Crippen LogP contribution in [0.2, 0.25) is 0 Å². The van der Waals surface area contributed by atoms with Crippen molar-refractivity contribution in [2.45, 2.75) is 13.0 Å². The van der Waals surface area contributed by atoms with Crippen LogP contribution in [-0.2, 0) is 9.53 Å². The standard InChI is InChI=1S/C23H26N4O4/c1-16(23(29)30)25-27(10-9-26-11-13-31-14-12-26)22(28)19-7-4-6-18-15-17-5-2-3-8-20(17)24-21(18)19/h2-8,15-16,25H,9-14H2,1H3,(H,29,30)/t16-/m0/s1. The second-order valence-corrected chi connectivity index (χ2v) is 7.66. The van der Waals surface area contributed by atoms with Gasteiger partial charge in [-0.05, 0) is 25.1 Å². The highest BCUT2D eigenvalue weighted by Crippen LogP contribution is 2.23.